The molecule has 1 aromatic rings. The van der Waals surface area contributed by atoms with Crippen molar-refractivity contribution < 1.29 is 22.7 Å². The smallest absolute Gasteiger partial charge is 0.408 e. The molecule has 0 saturated carbocycles. The van der Waals surface area contributed by atoms with Gasteiger partial charge in [0, 0.05) is 31.7 Å². The molecule has 0 bridgehead atoms. The van der Waals surface area contributed by atoms with Gasteiger partial charge in [-0.1, -0.05) is 17.7 Å². The van der Waals surface area contributed by atoms with Crippen LogP contribution in [0.2, 0.25) is 5.02 Å². The van der Waals surface area contributed by atoms with E-state index in [0.717, 1.165) is 12.1 Å². The number of phenols is 1. The van der Waals surface area contributed by atoms with E-state index in [4.69, 9.17) is 11.6 Å². The second-order valence-electron chi connectivity index (χ2n) is 4.53. The Labute approximate surface area is 142 Å². The lowest BCUT2D eigenvalue weighted by atomic mass is 10.0. The SMILES string of the molecule is Cl.Cl.Oc1c([C@@H](N2CCNCC2)C(F)(F)F)ccc(F)c1Cl. The molecule has 2 rings (SSSR count). The average Bonchev–Trinajstić information content (AvgIpc) is 2.39. The number of nitrogens with one attached hydrogen (secondary N) is 1. The number of piperazine rings is 1. The Hall–Kier alpha value is -0.470. The van der Waals surface area contributed by atoms with Gasteiger partial charge < -0.3 is 10.4 Å². The predicted molar refractivity (Wildman–Crippen MR) is 80.8 cm³/mol. The second kappa shape index (κ2) is 8.40. The van der Waals surface area contributed by atoms with Crippen LogP contribution >= 0.6 is 36.4 Å². The number of halogens is 7. The van der Waals surface area contributed by atoms with Crippen LogP contribution in [0.4, 0.5) is 17.6 Å². The highest BCUT2D eigenvalue weighted by atomic mass is 35.5. The fourth-order valence-electron chi connectivity index (χ4n) is 2.30. The Morgan fingerprint density at radius 3 is 2.23 bits per heavy atom. The van der Waals surface area contributed by atoms with E-state index in [2.05, 4.69) is 5.32 Å². The van der Waals surface area contributed by atoms with Gasteiger partial charge in [-0.3, -0.25) is 4.90 Å². The molecule has 22 heavy (non-hydrogen) atoms. The number of alkyl halides is 3. The molecule has 1 aliphatic heterocycles. The monoisotopic (exact) mass is 384 g/mol. The van der Waals surface area contributed by atoms with E-state index in [9.17, 15) is 22.7 Å². The molecule has 1 saturated heterocycles. The van der Waals surface area contributed by atoms with Crippen LogP contribution in [-0.4, -0.2) is 42.4 Å². The van der Waals surface area contributed by atoms with E-state index >= 15 is 0 Å². The first-order valence-electron chi connectivity index (χ1n) is 6.00. The van der Waals surface area contributed by atoms with Crippen LogP contribution in [0.3, 0.4) is 0 Å². The molecule has 1 atom stereocenters. The number of hydrogen-bond donors (Lipinski definition) is 2. The van der Waals surface area contributed by atoms with E-state index in [0.29, 0.717) is 13.1 Å². The number of nitrogens with zero attached hydrogens (tertiary/aromatic N) is 1. The maximum atomic E-state index is 13.3. The number of hydrogen-bond acceptors (Lipinski definition) is 3. The minimum Gasteiger partial charge on any atom is -0.506 e. The van der Waals surface area contributed by atoms with Crippen LogP contribution in [0.25, 0.3) is 0 Å². The Morgan fingerprint density at radius 2 is 1.73 bits per heavy atom. The van der Waals surface area contributed by atoms with Crippen molar-refractivity contribution in [2.24, 2.45) is 0 Å². The van der Waals surface area contributed by atoms with Gasteiger partial charge in [0.2, 0.25) is 0 Å². The molecule has 0 aliphatic carbocycles. The summed E-state index contributed by atoms with van der Waals surface area (Å²) in [6.07, 6.45) is -4.59. The van der Waals surface area contributed by atoms with Gasteiger partial charge in [-0.2, -0.15) is 13.2 Å². The fourth-order valence-corrected chi connectivity index (χ4v) is 2.47. The highest BCUT2D eigenvalue weighted by Gasteiger charge is 2.46. The fraction of sp³-hybridized carbons (Fsp3) is 0.500. The average molecular weight is 386 g/mol. The third-order valence-corrected chi connectivity index (χ3v) is 3.58. The van der Waals surface area contributed by atoms with Gasteiger partial charge in [-0.15, -0.1) is 24.8 Å². The predicted octanol–water partition coefficient (Wildman–Crippen LogP) is 3.54. The number of benzene rings is 1. The molecule has 0 amide bonds. The zero-order valence-electron chi connectivity index (χ0n) is 11.2. The van der Waals surface area contributed by atoms with Crippen molar-refractivity contribution in [2.45, 2.75) is 12.2 Å². The van der Waals surface area contributed by atoms with Crippen molar-refractivity contribution in [2.75, 3.05) is 26.2 Å². The molecule has 0 radical (unpaired) electrons. The second-order valence-corrected chi connectivity index (χ2v) is 4.91. The molecule has 0 aromatic heterocycles. The van der Waals surface area contributed by atoms with E-state index in [1.807, 2.05) is 0 Å². The Morgan fingerprint density at radius 1 is 1.18 bits per heavy atom. The molecule has 128 valence electrons. The summed E-state index contributed by atoms with van der Waals surface area (Å²) in [6.45, 7) is 1.20. The van der Waals surface area contributed by atoms with Gasteiger partial charge in [-0.25, -0.2) is 4.39 Å². The standard InChI is InChI=1S/C12H13ClF4N2O.2ClH/c13-9-8(14)2-1-7(10(9)20)11(12(15,16)17)19-5-3-18-4-6-19;;/h1-2,11,18,20H,3-6H2;2*1H/t11-;;/m1../s1. The summed E-state index contributed by atoms with van der Waals surface area (Å²) < 4.78 is 53.0. The largest absolute Gasteiger partial charge is 0.506 e. The maximum Gasteiger partial charge on any atom is 0.408 e. The summed E-state index contributed by atoms with van der Waals surface area (Å²) in [5.41, 5.74) is -0.425. The summed E-state index contributed by atoms with van der Waals surface area (Å²) >= 11 is 5.49. The molecule has 0 unspecified atom stereocenters. The third-order valence-electron chi connectivity index (χ3n) is 3.22. The highest BCUT2D eigenvalue weighted by molar-refractivity contribution is 6.32. The molecule has 1 fully saturated rings. The Kier molecular flexibility index (Phi) is 8.22. The molecule has 0 spiro atoms. The molecule has 2 N–H and O–H groups in total. The van der Waals surface area contributed by atoms with Crippen molar-refractivity contribution in [3.05, 3.63) is 28.5 Å². The molecular formula is C12H15Cl3F4N2O. The Bertz CT molecular complexity index is 496. The van der Waals surface area contributed by atoms with E-state index in [-0.39, 0.29) is 37.9 Å². The van der Waals surface area contributed by atoms with Crippen LogP contribution < -0.4 is 5.32 Å². The van der Waals surface area contributed by atoms with Gasteiger partial charge in [0.15, 0.2) is 0 Å². The summed E-state index contributed by atoms with van der Waals surface area (Å²) in [7, 11) is 0. The molecular weight excluding hydrogens is 370 g/mol. The molecule has 1 aliphatic rings. The van der Waals surface area contributed by atoms with Crippen LogP contribution in [0, 0.1) is 5.82 Å². The number of aromatic hydroxyl groups is 1. The third kappa shape index (κ3) is 4.52. The summed E-state index contributed by atoms with van der Waals surface area (Å²) in [5, 5.41) is 12.0. The van der Waals surface area contributed by atoms with Crippen molar-refractivity contribution in [3.63, 3.8) is 0 Å². The first kappa shape index (κ1) is 21.5. The van der Waals surface area contributed by atoms with Gasteiger partial charge >= 0.3 is 6.18 Å². The maximum absolute atomic E-state index is 13.3. The Balaban J connectivity index is 0.00000220. The van der Waals surface area contributed by atoms with E-state index in [1.54, 1.807) is 0 Å². The lowest BCUT2D eigenvalue weighted by Crippen LogP contribution is -2.49. The minimum absolute atomic E-state index is 0. The zero-order chi connectivity index (χ0) is 14.9. The van der Waals surface area contributed by atoms with E-state index in [1.165, 1.54) is 4.90 Å². The van der Waals surface area contributed by atoms with Gasteiger partial charge in [0.1, 0.15) is 22.6 Å². The summed E-state index contributed by atoms with van der Waals surface area (Å²) in [4.78, 5) is 1.19. The van der Waals surface area contributed by atoms with Crippen molar-refractivity contribution >= 4 is 36.4 Å². The number of rotatable bonds is 2. The van der Waals surface area contributed by atoms with Crippen LogP contribution in [0.1, 0.15) is 11.6 Å². The zero-order valence-corrected chi connectivity index (χ0v) is 13.6. The normalized spacial score (nSPS) is 17.3. The van der Waals surface area contributed by atoms with Gasteiger partial charge in [-0.05, 0) is 6.07 Å². The first-order valence-corrected chi connectivity index (χ1v) is 6.38. The van der Waals surface area contributed by atoms with Gasteiger partial charge in [0.05, 0.1) is 0 Å². The van der Waals surface area contributed by atoms with Crippen molar-refractivity contribution in [3.8, 4) is 5.75 Å². The lowest BCUT2D eigenvalue weighted by molar-refractivity contribution is -0.188. The summed E-state index contributed by atoms with van der Waals surface area (Å²) in [6, 6.07) is -0.239. The van der Waals surface area contributed by atoms with Crippen LogP contribution in [0.15, 0.2) is 12.1 Å². The lowest BCUT2D eigenvalue weighted by Gasteiger charge is -2.36. The topological polar surface area (TPSA) is 35.5 Å². The highest BCUT2D eigenvalue weighted by Crippen LogP contribution is 2.44. The quantitative estimate of drug-likeness (QED) is 0.765. The van der Waals surface area contributed by atoms with Crippen molar-refractivity contribution in [1.29, 1.82) is 0 Å². The van der Waals surface area contributed by atoms with Crippen molar-refractivity contribution in [1.82, 2.24) is 10.2 Å². The first-order chi connectivity index (χ1) is 9.32. The minimum atomic E-state index is -4.59. The molecule has 10 heteroatoms. The van der Waals surface area contributed by atoms with Gasteiger partial charge in [0.25, 0.3) is 0 Å². The van der Waals surface area contributed by atoms with E-state index < -0.39 is 34.4 Å². The van der Waals surface area contributed by atoms with Crippen LogP contribution in [-0.2, 0) is 0 Å². The summed E-state index contributed by atoms with van der Waals surface area (Å²) in [5.74, 6) is -1.80. The molecule has 3 nitrogen and oxygen atoms in total. The van der Waals surface area contributed by atoms with Crippen LogP contribution in [0.5, 0.6) is 5.75 Å². The number of phenolic OH excluding ortho intramolecular Hbond substituents is 1. The molecule has 1 aromatic carbocycles. The molecule has 1 heterocycles.